The van der Waals surface area contributed by atoms with E-state index in [0.29, 0.717) is 29.3 Å². The number of ether oxygens (including phenoxy) is 1. The van der Waals surface area contributed by atoms with Crippen molar-refractivity contribution in [2.45, 2.75) is 13.8 Å². The summed E-state index contributed by atoms with van der Waals surface area (Å²) in [6.07, 6.45) is 1.72. The third-order valence-electron chi connectivity index (χ3n) is 4.01. The van der Waals surface area contributed by atoms with Gasteiger partial charge in [-0.25, -0.2) is 4.79 Å². The third-order valence-corrected chi connectivity index (χ3v) is 4.34. The molecule has 138 valence electrons. The molecule has 6 nitrogen and oxygen atoms in total. The summed E-state index contributed by atoms with van der Waals surface area (Å²) in [5.41, 5.74) is 1.95. The lowest BCUT2D eigenvalue weighted by molar-refractivity contribution is -0.114. The van der Waals surface area contributed by atoms with Gasteiger partial charge in [-0.3, -0.25) is 4.79 Å². The molecule has 0 saturated heterocycles. The van der Waals surface area contributed by atoms with Crippen LogP contribution in [0, 0.1) is 0 Å². The maximum atomic E-state index is 12.9. The average Bonchev–Trinajstić information content (AvgIpc) is 2.92. The normalized spacial score (nSPS) is 15.2. The summed E-state index contributed by atoms with van der Waals surface area (Å²) in [6, 6.07) is 11.7. The molecule has 1 aliphatic rings. The molecule has 0 radical (unpaired) electrons. The second kappa shape index (κ2) is 7.63. The Kier molecular flexibility index (Phi) is 5.28. The molecule has 1 N–H and O–H groups in total. The molecule has 0 unspecified atom stereocenters. The van der Waals surface area contributed by atoms with Crippen LogP contribution in [0.1, 0.15) is 29.8 Å². The number of hydrazone groups is 1. The van der Waals surface area contributed by atoms with E-state index >= 15 is 0 Å². The van der Waals surface area contributed by atoms with Crippen molar-refractivity contribution < 1.29 is 19.4 Å². The number of halogens is 1. The van der Waals surface area contributed by atoms with Gasteiger partial charge >= 0.3 is 5.97 Å². The van der Waals surface area contributed by atoms with Crippen LogP contribution in [-0.4, -0.2) is 29.3 Å². The SMILES string of the molecule is CCOc1ccccc1/C=C1/C(=O)N(c2ccc(Cl)c(C(=O)O)c2)N=C1C. The van der Waals surface area contributed by atoms with Gasteiger partial charge in [-0.2, -0.15) is 10.1 Å². The van der Waals surface area contributed by atoms with E-state index in [0.717, 1.165) is 5.56 Å². The Balaban J connectivity index is 1.98. The van der Waals surface area contributed by atoms with E-state index in [-0.39, 0.29) is 16.5 Å². The number of para-hydroxylation sites is 1. The van der Waals surface area contributed by atoms with Gasteiger partial charge in [-0.1, -0.05) is 29.8 Å². The highest BCUT2D eigenvalue weighted by molar-refractivity contribution is 6.34. The van der Waals surface area contributed by atoms with Crippen LogP contribution in [-0.2, 0) is 4.79 Å². The number of benzene rings is 2. The third kappa shape index (κ3) is 3.71. The van der Waals surface area contributed by atoms with E-state index in [9.17, 15) is 14.7 Å². The molecule has 27 heavy (non-hydrogen) atoms. The van der Waals surface area contributed by atoms with Gasteiger partial charge in [0.1, 0.15) is 5.75 Å². The zero-order valence-corrected chi connectivity index (χ0v) is 15.5. The smallest absolute Gasteiger partial charge is 0.337 e. The van der Waals surface area contributed by atoms with Gasteiger partial charge in [0.25, 0.3) is 5.91 Å². The van der Waals surface area contributed by atoms with Crippen LogP contribution in [0.5, 0.6) is 5.75 Å². The number of carboxylic acids is 1. The Morgan fingerprint density at radius 1 is 1.30 bits per heavy atom. The minimum absolute atomic E-state index is 0.0889. The van der Waals surface area contributed by atoms with Crippen LogP contribution in [0.25, 0.3) is 6.08 Å². The molecule has 0 saturated carbocycles. The molecule has 0 atom stereocenters. The Morgan fingerprint density at radius 3 is 2.74 bits per heavy atom. The fourth-order valence-electron chi connectivity index (χ4n) is 2.71. The first-order valence-corrected chi connectivity index (χ1v) is 8.66. The molecule has 0 aromatic heterocycles. The molecule has 7 heteroatoms. The van der Waals surface area contributed by atoms with Crippen molar-refractivity contribution in [3.63, 3.8) is 0 Å². The fraction of sp³-hybridized carbons (Fsp3) is 0.150. The zero-order valence-electron chi connectivity index (χ0n) is 14.8. The minimum Gasteiger partial charge on any atom is -0.493 e. The molecule has 0 spiro atoms. The van der Waals surface area contributed by atoms with Gasteiger partial charge in [-0.05, 0) is 44.2 Å². The van der Waals surface area contributed by atoms with Gasteiger partial charge in [0.15, 0.2) is 0 Å². The molecule has 1 amide bonds. The lowest BCUT2D eigenvalue weighted by Crippen LogP contribution is -2.21. The number of nitrogens with zero attached hydrogens (tertiary/aromatic N) is 2. The maximum Gasteiger partial charge on any atom is 0.337 e. The van der Waals surface area contributed by atoms with Crippen molar-refractivity contribution in [1.82, 2.24) is 0 Å². The number of anilines is 1. The molecule has 2 aromatic rings. The first-order chi connectivity index (χ1) is 12.9. The summed E-state index contributed by atoms with van der Waals surface area (Å²) in [5, 5.41) is 14.8. The summed E-state index contributed by atoms with van der Waals surface area (Å²) in [4.78, 5) is 24.2. The van der Waals surface area contributed by atoms with Crippen molar-refractivity contribution in [3.8, 4) is 5.75 Å². The van der Waals surface area contributed by atoms with Gasteiger partial charge in [-0.15, -0.1) is 0 Å². The molecule has 0 fully saturated rings. The largest absolute Gasteiger partial charge is 0.493 e. The predicted molar refractivity (Wildman–Crippen MR) is 105 cm³/mol. The molecule has 1 aliphatic heterocycles. The summed E-state index contributed by atoms with van der Waals surface area (Å²) < 4.78 is 5.60. The van der Waals surface area contributed by atoms with Crippen LogP contribution in [0.4, 0.5) is 5.69 Å². The average molecular weight is 385 g/mol. The standard InChI is InChI=1S/C20H17ClN2O4/c1-3-27-18-7-5-4-6-13(18)10-15-12(2)22-23(19(15)24)14-8-9-17(21)16(11-14)20(25)26/h4-11H,3H2,1-2H3,(H,25,26)/b15-10+. The molecular weight excluding hydrogens is 368 g/mol. The minimum atomic E-state index is -1.17. The summed E-state index contributed by atoms with van der Waals surface area (Å²) in [6.45, 7) is 4.12. The summed E-state index contributed by atoms with van der Waals surface area (Å²) in [7, 11) is 0. The molecule has 0 bridgehead atoms. The molecule has 1 heterocycles. The highest BCUT2D eigenvalue weighted by atomic mass is 35.5. The quantitative estimate of drug-likeness (QED) is 0.782. The van der Waals surface area contributed by atoms with E-state index in [1.807, 2.05) is 31.2 Å². The van der Waals surface area contributed by atoms with E-state index in [2.05, 4.69) is 5.10 Å². The van der Waals surface area contributed by atoms with Crippen molar-refractivity contribution in [2.24, 2.45) is 5.10 Å². The van der Waals surface area contributed by atoms with Gasteiger partial charge in [0.2, 0.25) is 0 Å². The van der Waals surface area contributed by atoms with Gasteiger partial charge in [0, 0.05) is 5.56 Å². The number of amides is 1. The summed E-state index contributed by atoms with van der Waals surface area (Å²) in [5.74, 6) is -0.848. The van der Waals surface area contributed by atoms with E-state index in [4.69, 9.17) is 16.3 Å². The molecule has 2 aromatic carbocycles. The van der Waals surface area contributed by atoms with Gasteiger partial charge < -0.3 is 9.84 Å². The van der Waals surface area contributed by atoms with Crippen LogP contribution in [0.2, 0.25) is 5.02 Å². The van der Waals surface area contributed by atoms with Crippen LogP contribution in [0.15, 0.2) is 53.1 Å². The Hall–Kier alpha value is -3.12. The zero-order chi connectivity index (χ0) is 19.6. The highest BCUT2D eigenvalue weighted by Crippen LogP contribution is 2.30. The van der Waals surface area contributed by atoms with Crippen molar-refractivity contribution in [1.29, 1.82) is 0 Å². The van der Waals surface area contributed by atoms with E-state index in [1.54, 1.807) is 19.1 Å². The number of hydrogen-bond donors (Lipinski definition) is 1. The molecule has 0 aliphatic carbocycles. The second-order valence-electron chi connectivity index (χ2n) is 5.80. The van der Waals surface area contributed by atoms with Crippen molar-refractivity contribution in [2.75, 3.05) is 11.6 Å². The van der Waals surface area contributed by atoms with Crippen LogP contribution < -0.4 is 9.75 Å². The van der Waals surface area contributed by atoms with Crippen molar-refractivity contribution >= 4 is 41.0 Å². The Morgan fingerprint density at radius 2 is 2.04 bits per heavy atom. The fourth-order valence-corrected chi connectivity index (χ4v) is 2.91. The second-order valence-corrected chi connectivity index (χ2v) is 6.21. The number of aromatic carboxylic acids is 1. The lowest BCUT2D eigenvalue weighted by atomic mass is 10.1. The lowest BCUT2D eigenvalue weighted by Gasteiger charge is -2.13. The predicted octanol–water partition coefficient (Wildman–Crippen LogP) is 4.24. The van der Waals surface area contributed by atoms with Crippen LogP contribution >= 0.6 is 11.6 Å². The monoisotopic (exact) mass is 384 g/mol. The first kappa shape index (κ1) is 18.7. The Labute approximate surface area is 161 Å². The first-order valence-electron chi connectivity index (χ1n) is 8.28. The van der Waals surface area contributed by atoms with Crippen LogP contribution in [0.3, 0.4) is 0 Å². The number of carbonyl (C=O) groups excluding carboxylic acids is 1. The van der Waals surface area contributed by atoms with Gasteiger partial charge in [0.05, 0.1) is 34.2 Å². The van der Waals surface area contributed by atoms with Crippen molar-refractivity contribution in [3.05, 3.63) is 64.2 Å². The highest BCUT2D eigenvalue weighted by Gasteiger charge is 2.29. The topological polar surface area (TPSA) is 79.2 Å². The molecule has 3 rings (SSSR count). The number of carbonyl (C=O) groups is 2. The number of hydrogen-bond acceptors (Lipinski definition) is 4. The van der Waals surface area contributed by atoms with E-state index < -0.39 is 5.97 Å². The maximum absolute atomic E-state index is 12.9. The number of rotatable bonds is 5. The Bertz CT molecular complexity index is 982. The summed E-state index contributed by atoms with van der Waals surface area (Å²) >= 11 is 5.90. The molecular formula is C20H17ClN2O4. The number of carboxylic acid groups (broad SMARTS) is 1. The van der Waals surface area contributed by atoms with E-state index in [1.165, 1.54) is 17.1 Å².